The Hall–Kier alpha value is -0.810. The van der Waals surface area contributed by atoms with E-state index in [9.17, 15) is 9.90 Å². The molecule has 0 heterocycles. The van der Waals surface area contributed by atoms with E-state index in [0.717, 1.165) is 5.92 Å². The molecule has 2 heteroatoms. The second-order valence-corrected chi connectivity index (χ2v) is 37.5. The summed E-state index contributed by atoms with van der Waals surface area (Å²) in [6.45, 7) is 99.4. The molecule has 0 amide bonds. The summed E-state index contributed by atoms with van der Waals surface area (Å²) in [6.07, 6.45) is 5.00. The van der Waals surface area contributed by atoms with E-state index in [1.165, 1.54) is 25.7 Å². The molecule has 71 heavy (non-hydrogen) atoms. The Morgan fingerprint density at radius 1 is 0.352 bits per heavy atom. The van der Waals surface area contributed by atoms with Gasteiger partial charge in [0, 0.05) is 21.7 Å². The van der Waals surface area contributed by atoms with Crippen molar-refractivity contribution in [1.29, 1.82) is 0 Å². The summed E-state index contributed by atoms with van der Waals surface area (Å²) in [5.74, 6) is 7.56. The molecule has 0 spiro atoms. The maximum atomic E-state index is 11.5. The Kier molecular flexibility index (Phi) is 35.1. The third-order valence-corrected chi connectivity index (χ3v) is 12.8. The van der Waals surface area contributed by atoms with Crippen LogP contribution in [0.2, 0.25) is 0 Å². The van der Waals surface area contributed by atoms with Crippen LogP contribution in [0, 0.1) is 99.0 Å². The van der Waals surface area contributed by atoms with Crippen molar-refractivity contribution >= 4 is 5.78 Å². The van der Waals surface area contributed by atoms with Crippen LogP contribution in [-0.4, -0.2) is 17.0 Å². The van der Waals surface area contributed by atoms with Crippen LogP contribution in [0.3, 0.4) is 0 Å². The van der Waals surface area contributed by atoms with Gasteiger partial charge in [-0.2, -0.15) is 0 Å². The van der Waals surface area contributed by atoms with Crippen molar-refractivity contribution in [3.63, 3.8) is 0 Å². The predicted octanol–water partition coefficient (Wildman–Crippen LogP) is 23.7. The number of rotatable bonds is 2. The molecule has 1 N–H and O–H groups in total. The summed E-state index contributed by atoms with van der Waals surface area (Å²) in [5, 5.41) is 9.72. The van der Waals surface area contributed by atoms with Crippen molar-refractivity contribution in [2.24, 2.45) is 87.1 Å². The molecule has 0 aliphatic heterocycles. The number of hydrogen-bond acceptors (Lipinski definition) is 2. The topological polar surface area (TPSA) is 37.3 Å². The van der Waals surface area contributed by atoms with Gasteiger partial charge in [0.2, 0.25) is 0 Å². The predicted molar refractivity (Wildman–Crippen MR) is 333 cm³/mol. The molecule has 0 aromatic heterocycles. The van der Waals surface area contributed by atoms with Crippen molar-refractivity contribution in [2.75, 3.05) is 0 Å². The van der Waals surface area contributed by atoms with E-state index in [0.29, 0.717) is 54.5 Å². The fourth-order valence-corrected chi connectivity index (χ4v) is 8.79. The zero-order chi connectivity index (χ0) is 60.5. The van der Waals surface area contributed by atoms with Gasteiger partial charge in [0.15, 0.2) is 0 Å². The summed E-state index contributed by atoms with van der Waals surface area (Å²) in [5.41, 5.74) is 3.92. The van der Waals surface area contributed by atoms with E-state index in [1.54, 1.807) is 0 Å². The fraction of sp³-hybridized carbons (Fsp3) is 0.957. The molecule has 2 nitrogen and oxygen atoms in total. The van der Waals surface area contributed by atoms with Crippen LogP contribution >= 0.6 is 0 Å². The van der Waals surface area contributed by atoms with Crippen molar-refractivity contribution < 1.29 is 9.90 Å². The Labute approximate surface area is 456 Å². The van der Waals surface area contributed by atoms with Gasteiger partial charge < -0.3 is 5.11 Å². The molecule has 0 saturated heterocycles. The highest BCUT2D eigenvalue weighted by Crippen LogP contribution is 2.50. The first-order chi connectivity index (χ1) is 29.6. The quantitative estimate of drug-likeness (QED) is 0.280. The van der Waals surface area contributed by atoms with E-state index < -0.39 is 0 Å². The SMILES string of the molecule is CC(C)(C)C#CC(C)(C)C.CC(C)(C)C(=O)C(C)(C)C.CC(C)(C)C(C)(C)C(C)(C)C.CC(C)(C)C(O)C(C)(C)C.CC(C)(C)CC(C)(C)C.CC(C)(C)CCC(C)(C)C.CCC(C(C)(C)C)C(C)(C)C. The fourth-order valence-electron chi connectivity index (χ4n) is 8.79. The van der Waals surface area contributed by atoms with E-state index in [4.69, 9.17) is 0 Å². The molecule has 0 bridgehead atoms. The van der Waals surface area contributed by atoms with E-state index >= 15 is 0 Å². The summed E-state index contributed by atoms with van der Waals surface area (Å²) in [6, 6.07) is 0. The summed E-state index contributed by atoms with van der Waals surface area (Å²) in [7, 11) is 0. The number of ketones is 1. The highest BCUT2D eigenvalue weighted by atomic mass is 16.3. The molecule has 0 radical (unpaired) electrons. The minimum absolute atomic E-state index is 0.00174. The van der Waals surface area contributed by atoms with Crippen LogP contribution in [0.4, 0.5) is 0 Å². The Morgan fingerprint density at radius 3 is 0.592 bits per heavy atom. The number of aliphatic hydroxyl groups is 1. The standard InChI is InChI=1S/2C11H24.C10H22.C10H18.C9H20O.C9H18O.C9H20/c1-9(2,3)11(7,8)10(4,5)6;1-8-9(10(2,3)4)11(5,6)7;2*1-9(2,3)7-8-10(4,5)6;2*1-8(2,3)7(10)9(4,5)6;1-8(2,3)7-9(4,5)6/h1-8H3;9H,8H2,1-7H3;7-8H2,1-6H3;1-6H3;7,10H,1-6H3;1-6H3;7H2,1-6H3. The van der Waals surface area contributed by atoms with Gasteiger partial charge in [-0.25, -0.2) is 0 Å². The minimum atomic E-state index is -0.236. The van der Waals surface area contributed by atoms with Gasteiger partial charge in [0.05, 0.1) is 6.10 Å². The van der Waals surface area contributed by atoms with E-state index in [-0.39, 0.29) is 38.6 Å². The second kappa shape index (κ2) is 29.6. The molecular formula is C69H146O2. The van der Waals surface area contributed by atoms with Crippen molar-refractivity contribution in [1.82, 2.24) is 0 Å². The molecule has 0 unspecified atom stereocenters. The van der Waals surface area contributed by atoms with E-state index in [1.807, 2.05) is 41.5 Å². The first kappa shape index (κ1) is 84.2. The number of carbonyl (C=O) groups excluding carboxylic acids is 1. The third kappa shape index (κ3) is 55.3. The molecule has 434 valence electrons. The van der Waals surface area contributed by atoms with Gasteiger partial charge in [-0.05, 0) is 126 Å². The average molecular weight is 1010 g/mol. The summed E-state index contributed by atoms with van der Waals surface area (Å²) in [4.78, 5) is 11.5. The molecule has 0 saturated carbocycles. The monoisotopic (exact) mass is 1010 g/mol. The highest BCUT2D eigenvalue weighted by molar-refractivity contribution is 5.88. The maximum absolute atomic E-state index is 11.5. The summed E-state index contributed by atoms with van der Waals surface area (Å²) < 4.78 is 0. The zero-order valence-corrected chi connectivity index (χ0v) is 58.8. The van der Waals surface area contributed by atoms with Gasteiger partial charge in [0.25, 0.3) is 0 Å². The lowest BCUT2D eigenvalue weighted by Crippen LogP contribution is -2.41. The molecule has 0 aliphatic rings. The zero-order valence-electron chi connectivity index (χ0n) is 58.8. The number of hydrogen-bond donors (Lipinski definition) is 1. The molecule has 0 aromatic rings. The van der Waals surface area contributed by atoms with Gasteiger partial charge >= 0.3 is 0 Å². The lowest BCUT2D eigenvalue weighted by molar-refractivity contribution is -0.134. The number of aliphatic hydroxyl groups excluding tert-OH is 1. The average Bonchev–Trinajstić information content (AvgIpc) is 2.97. The maximum Gasteiger partial charge on any atom is 0.143 e. The van der Waals surface area contributed by atoms with Crippen LogP contribution in [-0.2, 0) is 4.79 Å². The van der Waals surface area contributed by atoms with Crippen LogP contribution < -0.4 is 0 Å². The first-order valence-electron chi connectivity index (χ1n) is 28.4. The number of Topliss-reactive ketones (excluding diaryl/α,β-unsaturated/α-hetero) is 1. The normalized spacial score (nSPS) is 13.9. The lowest BCUT2D eigenvalue weighted by Gasteiger charge is -2.49. The van der Waals surface area contributed by atoms with Crippen LogP contribution in [0.1, 0.15) is 337 Å². The second-order valence-electron chi connectivity index (χ2n) is 37.5. The van der Waals surface area contributed by atoms with Gasteiger partial charge in [-0.1, -0.05) is 288 Å². The van der Waals surface area contributed by atoms with Crippen LogP contribution in [0.15, 0.2) is 0 Å². The number of carbonyl (C=O) groups is 1. The molecular weight excluding hydrogens is 861 g/mol. The van der Waals surface area contributed by atoms with Crippen LogP contribution in [0.5, 0.6) is 0 Å². The largest absolute Gasteiger partial charge is 0.392 e. The van der Waals surface area contributed by atoms with E-state index in [2.05, 4.69) is 282 Å². The minimum Gasteiger partial charge on any atom is -0.392 e. The van der Waals surface area contributed by atoms with Crippen LogP contribution in [0.25, 0.3) is 0 Å². The molecule has 0 aromatic carbocycles. The molecule has 0 fully saturated rings. The third-order valence-electron chi connectivity index (χ3n) is 12.8. The summed E-state index contributed by atoms with van der Waals surface area (Å²) >= 11 is 0. The Morgan fingerprint density at radius 2 is 0.563 bits per heavy atom. The van der Waals surface area contributed by atoms with Crippen molar-refractivity contribution in [2.45, 2.75) is 343 Å². The molecule has 0 rings (SSSR count). The van der Waals surface area contributed by atoms with Gasteiger partial charge in [0.1, 0.15) is 5.78 Å². The molecule has 0 aliphatic carbocycles. The lowest BCUT2D eigenvalue weighted by atomic mass is 9.56. The van der Waals surface area contributed by atoms with Gasteiger partial charge in [-0.15, -0.1) is 0 Å². The molecule has 0 atom stereocenters. The highest BCUT2D eigenvalue weighted by Gasteiger charge is 2.42. The van der Waals surface area contributed by atoms with Gasteiger partial charge in [-0.3, -0.25) is 4.79 Å². The smallest absolute Gasteiger partial charge is 0.143 e. The van der Waals surface area contributed by atoms with Crippen molar-refractivity contribution in [3.8, 4) is 11.8 Å². The van der Waals surface area contributed by atoms with Crippen molar-refractivity contribution in [3.05, 3.63) is 0 Å². The Balaban J connectivity index is -0.000000135. The Bertz CT molecular complexity index is 1330. The first-order valence-corrected chi connectivity index (χ1v) is 28.4.